The molecule has 2 aromatic carbocycles. The van der Waals surface area contributed by atoms with Gasteiger partial charge in [0.15, 0.2) is 5.96 Å². The number of nitrogens with one attached hydrogen (secondary N) is 1. The lowest BCUT2D eigenvalue weighted by Gasteiger charge is -2.50. The Hall–Kier alpha value is -3.19. The Bertz CT molecular complexity index is 1200. The van der Waals surface area contributed by atoms with Crippen LogP contribution < -0.4 is 11.1 Å². The van der Waals surface area contributed by atoms with E-state index in [4.69, 9.17) is 5.73 Å². The normalized spacial score (nSPS) is 24.6. The number of nitrogens with zero attached hydrogens (tertiary/aromatic N) is 2. The molecule has 0 fully saturated rings. The number of hydrogen-bond acceptors (Lipinski definition) is 5. The summed E-state index contributed by atoms with van der Waals surface area (Å²) < 4.78 is 0. The van der Waals surface area contributed by atoms with Gasteiger partial charge in [-0.25, -0.2) is 4.99 Å². The first-order valence-electron chi connectivity index (χ1n) is 12.8. The molecular formula is C29H38N4O3. The highest BCUT2D eigenvalue weighted by molar-refractivity contribution is 5.99. The highest BCUT2D eigenvalue weighted by atomic mass is 16.3. The van der Waals surface area contributed by atoms with Gasteiger partial charge < -0.3 is 16.2 Å². The lowest BCUT2D eigenvalue weighted by molar-refractivity contribution is -0.130. The standard InChI is InChI=1S/C29H38N4O3/c1-6-29(7-2)17-23(34)33(26(30)32-29)18-19-11-10-13-20(15-19)25(35)31-24-22-14-9-8-12-21(22)16-27(3,4)28(24,5)36/h8-15,24,36H,6-7,16-18H2,1-5H3,(H2,30,32)(H,31,35). The van der Waals surface area contributed by atoms with Crippen molar-refractivity contribution in [3.63, 3.8) is 0 Å². The van der Waals surface area contributed by atoms with Crippen LogP contribution in [-0.4, -0.2) is 38.9 Å². The maximum Gasteiger partial charge on any atom is 0.251 e. The lowest BCUT2D eigenvalue weighted by atomic mass is 9.62. The molecule has 36 heavy (non-hydrogen) atoms. The molecule has 7 nitrogen and oxygen atoms in total. The van der Waals surface area contributed by atoms with Gasteiger partial charge in [0.2, 0.25) is 5.91 Å². The van der Waals surface area contributed by atoms with Gasteiger partial charge >= 0.3 is 0 Å². The SMILES string of the molecule is CCC1(CC)CC(=O)N(Cc2cccc(C(=O)NC3c4ccccc4CC(C)(C)C3(C)O)c2)C(N)=N1. The van der Waals surface area contributed by atoms with Gasteiger partial charge in [0, 0.05) is 5.56 Å². The molecule has 192 valence electrons. The molecule has 1 aliphatic carbocycles. The summed E-state index contributed by atoms with van der Waals surface area (Å²) in [7, 11) is 0. The lowest BCUT2D eigenvalue weighted by Crippen LogP contribution is -2.56. The molecule has 4 rings (SSSR count). The number of guanidine groups is 1. The van der Waals surface area contributed by atoms with Gasteiger partial charge in [-0.15, -0.1) is 0 Å². The molecule has 0 radical (unpaired) electrons. The van der Waals surface area contributed by atoms with E-state index in [1.165, 1.54) is 4.90 Å². The first-order chi connectivity index (χ1) is 16.9. The van der Waals surface area contributed by atoms with Crippen molar-refractivity contribution >= 4 is 17.8 Å². The van der Waals surface area contributed by atoms with Crippen LogP contribution in [-0.2, 0) is 17.8 Å². The summed E-state index contributed by atoms with van der Waals surface area (Å²) in [5, 5.41) is 14.6. The average Bonchev–Trinajstić information content (AvgIpc) is 2.84. The Morgan fingerprint density at radius 1 is 1.11 bits per heavy atom. The Morgan fingerprint density at radius 2 is 1.81 bits per heavy atom. The highest BCUT2D eigenvalue weighted by Gasteiger charge is 2.50. The van der Waals surface area contributed by atoms with E-state index in [0.29, 0.717) is 12.0 Å². The van der Waals surface area contributed by atoms with Crippen molar-refractivity contribution in [2.45, 2.75) is 84.0 Å². The van der Waals surface area contributed by atoms with E-state index in [0.717, 1.165) is 36.0 Å². The zero-order valence-electron chi connectivity index (χ0n) is 22.0. The number of aliphatic hydroxyl groups is 1. The van der Waals surface area contributed by atoms with Gasteiger partial charge in [-0.3, -0.25) is 14.5 Å². The second kappa shape index (κ2) is 9.36. The summed E-state index contributed by atoms with van der Waals surface area (Å²) in [6.07, 6.45) is 2.56. The number of nitrogens with two attached hydrogens (primary N) is 1. The molecule has 1 heterocycles. The predicted octanol–water partition coefficient (Wildman–Crippen LogP) is 4.10. The zero-order chi connectivity index (χ0) is 26.3. The molecule has 2 unspecified atom stereocenters. The van der Waals surface area contributed by atoms with Crippen LogP contribution in [0.5, 0.6) is 0 Å². The molecule has 7 heteroatoms. The number of amides is 2. The van der Waals surface area contributed by atoms with Crippen LogP contribution in [0, 0.1) is 5.41 Å². The highest BCUT2D eigenvalue weighted by Crippen LogP contribution is 2.48. The second-order valence-corrected chi connectivity index (χ2v) is 11.1. The van der Waals surface area contributed by atoms with Gasteiger partial charge in [0.25, 0.3) is 5.91 Å². The first kappa shape index (κ1) is 25.9. The number of carbonyl (C=O) groups is 2. The Kier molecular flexibility index (Phi) is 6.73. The molecule has 0 saturated carbocycles. The minimum absolute atomic E-state index is 0.0573. The molecule has 0 spiro atoms. The van der Waals surface area contributed by atoms with E-state index in [-0.39, 0.29) is 24.3 Å². The van der Waals surface area contributed by atoms with Crippen molar-refractivity contribution in [3.05, 3.63) is 70.8 Å². The average molecular weight is 491 g/mol. The van der Waals surface area contributed by atoms with E-state index in [2.05, 4.69) is 16.4 Å². The van der Waals surface area contributed by atoms with E-state index in [1.54, 1.807) is 25.1 Å². The number of benzene rings is 2. The van der Waals surface area contributed by atoms with Crippen molar-refractivity contribution in [2.75, 3.05) is 0 Å². The summed E-state index contributed by atoms with van der Waals surface area (Å²) in [6, 6.07) is 14.6. The third kappa shape index (κ3) is 4.52. The Morgan fingerprint density at radius 3 is 2.47 bits per heavy atom. The van der Waals surface area contributed by atoms with Crippen molar-refractivity contribution in [1.29, 1.82) is 0 Å². The summed E-state index contributed by atoms with van der Waals surface area (Å²) in [4.78, 5) is 32.5. The van der Waals surface area contributed by atoms with Gasteiger partial charge in [0.05, 0.1) is 30.1 Å². The molecule has 2 atom stereocenters. The third-order valence-corrected chi connectivity index (χ3v) is 8.46. The number of hydrogen-bond donors (Lipinski definition) is 3. The fourth-order valence-corrected chi connectivity index (χ4v) is 5.43. The van der Waals surface area contributed by atoms with Crippen LogP contribution in [0.15, 0.2) is 53.5 Å². The molecule has 0 bridgehead atoms. The van der Waals surface area contributed by atoms with Crippen molar-refractivity contribution < 1.29 is 14.7 Å². The molecular weight excluding hydrogens is 452 g/mol. The Labute approximate surface area is 213 Å². The van der Waals surface area contributed by atoms with E-state index in [9.17, 15) is 14.7 Å². The van der Waals surface area contributed by atoms with Gasteiger partial charge in [-0.2, -0.15) is 0 Å². The smallest absolute Gasteiger partial charge is 0.251 e. The monoisotopic (exact) mass is 490 g/mol. The zero-order valence-corrected chi connectivity index (χ0v) is 22.0. The number of aliphatic imine (C=N–C) groups is 1. The minimum Gasteiger partial charge on any atom is -0.387 e. The minimum atomic E-state index is -1.15. The van der Waals surface area contributed by atoms with Gasteiger partial charge in [-0.05, 0) is 60.4 Å². The topological polar surface area (TPSA) is 108 Å². The summed E-state index contributed by atoms with van der Waals surface area (Å²) in [5.41, 5.74) is 7.51. The maximum absolute atomic E-state index is 13.4. The third-order valence-electron chi connectivity index (χ3n) is 8.46. The van der Waals surface area contributed by atoms with Crippen LogP contribution in [0.3, 0.4) is 0 Å². The largest absolute Gasteiger partial charge is 0.387 e. The number of carbonyl (C=O) groups excluding carboxylic acids is 2. The second-order valence-electron chi connectivity index (χ2n) is 11.1. The summed E-state index contributed by atoms with van der Waals surface area (Å²) in [6.45, 7) is 10.1. The molecule has 2 amide bonds. The number of fused-ring (bicyclic) bond motifs is 1. The van der Waals surface area contributed by atoms with Crippen molar-refractivity contribution in [1.82, 2.24) is 10.2 Å². The fourth-order valence-electron chi connectivity index (χ4n) is 5.43. The van der Waals surface area contributed by atoms with Gasteiger partial charge in [-0.1, -0.05) is 64.1 Å². The fraction of sp³-hybridized carbons (Fsp3) is 0.483. The molecule has 2 aliphatic rings. The molecule has 4 N–H and O–H groups in total. The van der Waals surface area contributed by atoms with E-state index >= 15 is 0 Å². The van der Waals surface area contributed by atoms with Crippen LogP contribution in [0.2, 0.25) is 0 Å². The molecule has 0 saturated heterocycles. The van der Waals surface area contributed by atoms with Crippen LogP contribution in [0.25, 0.3) is 0 Å². The predicted molar refractivity (Wildman–Crippen MR) is 141 cm³/mol. The van der Waals surface area contributed by atoms with Crippen LogP contribution in [0.1, 0.15) is 87.0 Å². The molecule has 1 aliphatic heterocycles. The van der Waals surface area contributed by atoms with Crippen molar-refractivity contribution in [3.8, 4) is 0 Å². The summed E-state index contributed by atoms with van der Waals surface area (Å²) in [5.74, 6) is -0.114. The molecule has 2 aromatic rings. The van der Waals surface area contributed by atoms with Gasteiger partial charge in [0.1, 0.15) is 0 Å². The number of rotatable bonds is 6. The summed E-state index contributed by atoms with van der Waals surface area (Å²) >= 11 is 0. The van der Waals surface area contributed by atoms with E-state index in [1.807, 2.05) is 52.0 Å². The van der Waals surface area contributed by atoms with E-state index < -0.39 is 22.6 Å². The molecule has 0 aromatic heterocycles. The van der Waals surface area contributed by atoms with Crippen molar-refractivity contribution in [2.24, 2.45) is 16.1 Å². The maximum atomic E-state index is 13.4. The first-order valence-corrected chi connectivity index (χ1v) is 12.8. The Balaban J connectivity index is 1.57. The van der Waals surface area contributed by atoms with Crippen LogP contribution in [0.4, 0.5) is 0 Å². The quantitative estimate of drug-likeness (QED) is 0.567. The van der Waals surface area contributed by atoms with Crippen LogP contribution >= 0.6 is 0 Å².